The number of pyridine rings is 1. The first-order valence-electron chi connectivity index (χ1n) is 13.3. The zero-order chi connectivity index (χ0) is 29.1. The van der Waals surface area contributed by atoms with Gasteiger partial charge in [0.2, 0.25) is 10.0 Å². The molecular weight excluding hydrogens is 554 g/mol. The highest BCUT2D eigenvalue weighted by Gasteiger charge is 2.49. The predicted molar refractivity (Wildman–Crippen MR) is 146 cm³/mol. The molecule has 41 heavy (non-hydrogen) atoms. The van der Waals surface area contributed by atoms with Gasteiger partial charge in [0.1, 0.15) is 18.2 Å². The van der Waals surface area contributed by atoms with Gasteiger partial charge in [-0.15, -0.1) is 0 Å². The average Bonchev–Trinajstić information content (AvgIpc) is 2.93. The van der Waals surface area contributed by atoms with Crippen molar-refractivity contribution in [2.24, 2.45) is 0 Å². The number of benzene rings is 2. The minimum atomic E-state index is -3.65. The quantitative estimate of drug-likeness (QED) is 0.390. The van der Waals surface area contributed by atoms with Gasteiger partial charge in [0.05, 0.1) is 23.9 Å². The Morgan fingerprint density at radius 1 is 1.05 bits per heavy atom. The monoisotopic (exact) mass is 584 g/mol. The van der Waals surface area contributed by atoms with Gasteiger partial charge >= 0.3 is 0 Å². The standard InChI is InChI=1S/C29H30F2N4O5S/c1-41(38,39)34-24-11-4-5-12-25(24)35-27(22-14-13-18(30)16-23(22)31)26(20-9-2-3-10-21(20)29(35)37)28(36)33-40-17-19-8-6-7-15-32-19/h2-3,6-10,13-16,24-27,34H,4-5,11-12,17H2,1H3,(H,33,36)/t24-,25-,26+,27-/m0/s1. The topological polar surface area (TPSA) is 118 Å². The van der Waals surface area contributed by atoms with Crippen molar-refractivity contribution in [2.75, 3.05) is 6.26 Å². The molecule has 9 nitrogen and oxygen atoms in total. The molecule has 0 radical (unpaired) electrons. The molecule has 1 aromatic heterocycles. The van der Waals surface area contributed by atoms with Crippen LogP contribution in [0.4, 0.5) is 8.78 Å². The van der Waals surface area contributed by atoms with Gasteiger partial charge in [-0.3, -0.25) is 19.4 Å². The van der Waals surface area contributed by atoms with Gasteiger partial charge < -0.3 is 4.90 Å². The molecule has 1 fully saturated rings. The van der Waals surface area contributed by atoms with Crippen LogP contribution in [0.5, 0.6) is 0 Å². The van der Waals surface area contributed by atoms with Crippen LogP contribution in [-0.2, 0) is 26.3 Å². The summed E-state index contributed by atoms with van der Waals surface area (Å²) in [5.41, 5.74) is 3.52. The van der Waals surface area contributed by atoms with Crippen molar-refractivity contribution in [3.63, 3.8) is 0 Å². The van der Waals surface area contributed by atoms with Crippen molar-refractivity contribution in [3.05, 3.63) is 101 Å². The molecule has 3 aromatic rings. The van der Waals surface area contributed by atoms with E-state index in [9.17, 15) is 22.4 Å². The summed E-state index contributed by atoms with van der Waals surface area (Å²) in [6.07, 6.45) is 4.92. The summed E-state index contributed by atoms with van der Waals surface area (Å²) in [7, 11) is -3.65. The smallest absolute Gasteiger partial charge is 0.255 e. The molecule has 2 aliphatic rings. The van der Waals surface area contributed by atoms with E-state index in [1.807, 2.05) is 0 Å². The minimum Gasteiger partial charge on any atom is -0.326 e. The maximum Gasteiger partial charge on any atom is 0.255 e. The van der Waals surface area contributed by atoms with Crippen LogP contribution in [0, 0.1) is 11.6 Å². The van der Waals surface area contributed by atoms with Gasteiger partial charge in [-0.1, -0.05) is 43.2 Å². The minimum absolute atomic E-state index is 0.0395. The molecule has 5 rings (SSSR count). The molecule has 2 amide bonds. The lowest BCUT2D eigenvalue weighted by Crippen LogP contribution is -2.59. The van der Waals surface area contributed by atoms with Crippen LogP contribution < -0.4 is 10.2 Å². The third-order valence-corrected chi connectivity index (χ3v) is 8.24. The van der Waals surface area contributed by atoms with E-state index in [4.69, 9.17) is 4.84 Å². The Kier molecular flexibility index (Phi) is 8.43. The number of rotatable bonds is 8. The van der Waals surface area contributed by atoms with Crippen LogP contribution in [0.15, 0.2) is 66.9 Å². The maximum atomic E-state index is 15.5. The number of fused-ring (bicyclic) bond motifs is 1. The number of nitrogens with zero attached hydrogens (tertiary/aromatic N) is 2. The lowest BCUT2D eigenvalue weighted by molar-refractivity contribution is -0.138. The Morgan fingerprint density at radius 3 is 2.54 bits per heavy atom. The fourth-order valence-corrected chi connectivity index (χ4v) is 6.68. The number of halogens is 2. The van der Waals surface area contributed by atoms with E-state index in [2.05, 4.69) is 15.2 Å². The van der Waals surface area contributed by atoms with Gasteiger partial charge in [-0.2, -0.15) is 0 Å². The first-order valence-corrected chi connectivity index (χ1v) is 15.2. The summed E-state index contributed by atoms with van der Waals surface area (Å²) in [5, 5.41) is 0. The molecule has 12 heteroatoms. The highest BCUT2D eigenvalue weighted by atomic mass is 32.2. The Hall–Kier alpha value is -3.74. The van der Waals surface area contributed by atoms with Gasteiger partial charge in [0.15, 0.2) is 0 Å². The van der Waals surface area contributed by atoms with Gasteiger partial charge in [-0.25, -0.2) is 27.4 Å². The fraction of sp³-hybridized carbons (Fsp3) is 0.345. The average molecular weight is 585 g/mol. The van der Waals surface area contributed by atoms with E-state index in [0.717, 1.165) is 18.7 Å². The normalized spacial score (nSPS) is 22.7. The molecular formula is C29H30F2N4O5S. The summed E-state index contributed by atoms with van der Waals surface area (Å²) in [5.74, 6) is -4.02. The summed E-state index contributed by atoms with van der Waals surface area (Å²) < 4.78 is 56.7. The van der Waals surface area contributed by atoms with Crippen molar-refractivity contribution in [3.8, 4) is 0 Å². The molecule has 4 atom stereocenters. The summed E-state index contributed by atoms with van der Waals surface area (Å²) >= 11 is 0. The highest BCUT2D eigenvalue weighted by molar-refractivity contribution is 7.88. The number of nitrogens with one attached hydrogen (secondary N) is 2. The molecule has 2 heterocycles. The lowest BCUT2D eigenvalue weighted by Gasteiger charge is -2.49. The van der Waals surface area contributed by atoms with Crippen molar-refractivity contribution in [2.45, 2.75) is 56.3 Å². The fourth-order valence-electron chi connectivity index (χ4n) is 5.86. The lowest BCUT2D eigenvalue weighted by atomic mass is 9.76. The van der Waals surface area contributed by atoms with Crippen molar-refractivity contribution >= 4 is 21.8 Å². The zero-order valence-corrected chi connectivity index (χ0v) is 23.1. The molecule has 1 aliphatic carbocycles. The van der Waals surface area contributed by atoms with E-state index >= 15 is 4.39 Å². The van der Waals surface area contributed by atoms with E-state index in [-0.39, 0.29) is 17.7 Å². The highest BCUT2D eigenvalue weighted by Crippen LogP contribution is 2.46. The number of aromatic nitrogens is 1. The molecule has 2 aromatic carbocycles. The number of hydroxylamine groups is 1. The summed E-state index contributed by atoms with van der Waals surface area (Å²) in [4.78, 5) is 39.0. The number of amides is 2. The predicted octanol–water partition coefficient (Wildman–Crippen LogP) is 3.75. The van der Waals surface area contributed by atoms with Gasteiger partial charge in [-0.05, 0) is 42.7 Å². The molecule has 2 N–H and O–H groups in total. The molecule has 0 unspecified atom stereocenters. The molecule has 0 saturated heterocycles. The Morgan fingerprint density at radius 2 is 1.80 bits per heavy atom. The van der Waals surface area contributed by atoms with Crippen LogP contribution in [-0.4, -0.2) is 48.5 Å². The summed E-state index contributed by atoms with van der Waals surface area (Å²) in [6, 6.07) is 12.2. The Labute approximate surface area is 236 Å². The third kappa shape index (κ3) is 6.29. The number of carbonyl (C=O) groups excluding carboxylic acids is 2. The van der Waals surface area contributed by atoms with Crippen LogP contribution >= 0.6 is 0 Å². The SMILES string of the molecule is CS(=O)(=O)N[C@H]1CCCC[C@@H]1N1C(=O)c2ccccc2[C@@H](C(=O)NOCc2ccccn2)[C@@H]1c1ccc(F)cc1F. The van der Waals surface area contributed by atoms with Crippen LogP contribution in [0.25, 0.3) is 0 Å². The Balaban J connectivity index is 1.60. The van der Waals surface area contributed by atoms with E-state index in [1.54, 1.807) is 48.7 Å². The van der Waals surface area contributed by atoms with Crippen LogP contribution in [0.3, 0.4) is 0 Å². The maximum absolute atomic E-state index is 15.5. The van der Waals surface area contributed by atoms with Crippen molar-refractivity contribution in [1.82, 2.24) is 20.1 Å². The van der Waals surface area contributed by atoms with Gasteiger partial charge in [0, 0.05) is 35.5 Å². The largest absolute Gasteiger partial charge is 0.326 e. The van der Waals surface area contributed by atoms with Crippen molar-refractivity contribution < 1.29 is 31.6 Å². The zero-order valence-electron chi connectivity index (χ0n) is 22.3. The van der Waals surface area contributed by atoms with Crippen LogP contribution in [0.1, 0.15) is 64.8 Å². The second kappa shape index (κ2) is 12.0. The van der Waals surface area contributed by atoms with E-state index in [1.165, 1.54) is 11.0 Å². The number of hydrogen-bond donors (Lipinski definition) is 2. The number of carbonyl (C=O) groups is 2. The first kappa shape index (κ1) is 28.8. The van der Waals surface area contributed by atoms with E-state index in [0.29, 0.717) is 36.6 Å². The number of sulfonamides is 1. The van der Waals surface area contributed by atoms with E-state index < -0.39 is 57.5 Å². The molecule has 0 bridgehead atoms. The first-order chi connectivity index (χ1) is 19.6. The van der Waals surface area contributed by atoms with Crippen molar-refractivity contribution in [1.29, 1.82) is 0 Å². The van der Waals surface area contributed by atoms with Crippen LogP contribution in [0.2, 0.25) is 0 Å². The molecule has 1 saturated carbocycles. The molecule has 216 valence electrons. The second-order valence-corrected chi connectivity index (χ2v) is 12.1. The Bertz CT molecular complexity index is 1540. The summed E-state index contributed by atoms with van der Waals surface area (Å²) in [6.45, 7) is -0.0395. The molecule has 1 aliphatic heterocycles. The second-order valence-electron chi connectivity index (χ2n) is 10.3. The number of hydrogen-bond acceptors (Lipinski definition) is 6. The van der Waals surface area contributed by atoms with Gasteiger partial charge in [0.25, 0.3) is 11.8 Å². The molecule has 0 spiro atoms. The third-order valence-electron chi connectivity index (χ3n) is 7.51.